The highest BCUT2D eigenvalue weighted by molar-refractivity contribution is 4.95. The fourth-order valence-electron chi connectivity index (χ4n) is 3.13. The highest BCUT2D eigenvalue weighted by Crippen LogP contribution is 2.34. The maximum atomic E-state index is 9.11. The van der Waals surface area contributed by atoms with E-state index in [4.69, 9.17) is 10.8 Å². The molecule has 0 amide bonds. The Morgan fingerprint density at radius 2 is 1.94 bits per heavy atom. The van der Waals surface area contributed by atoms with Gasteiger partial charge in [0.2, 0.25) is 0 Å². The zero-order valence-electron chi connectivity index (χ0n) is 12.7. The molecule has 0 heterocycles. The summed E-state index contributed by atoms with van der Waals surface area (Å²) >= 11 is 0. The van der Waals surface area contributed by atoms with Crippen molar-refractivity contribution in [1.29, 1.82) is 0 Å². The molecule has 0 radical (unpaired) electrons. The Morgan fingerprint density at radius 3 is 2.28 bits per heavy atom. The van der Waals surface area contributed by atoms with Crippen LogP contribution < -0.4 is 5.73 Å². The average Bonchev–Trinajstić information content (AvgIpc) is 2.21. The first-order valence-corrected chi connectivity index (χ1v) is 7.54. The van der Waals surface area contributed by atoms with Crippen LogP contribution in [0, 0.1) is 5.41 Å². The largest absolute Gasteiger partial charge is 0.396 e. The molecule has 1 rings (SSSR count). The van der Waals surface area contributed by atoms with Crippen molar-refractivity contribution in [3.8, 4) is 0 Å². The predicted molar refractivity (Wildman–Crippen MR) is 77.6 cm³/mol. The predicted octanol–water partition coefficient (Wildman–Crippen LogP) is 2.38. The van der Waals surface area contributed by atoms with E-state index in [2.05, 4.69) is 32.6 Å². The van der Waals surface area contributed by atoms with E-state index in [1.165, 1.54) is 19.3 Å². The zero-order valence-corrected chi connectivity index (χ0v) is 12.7. The van der Waals surface area contributed by atoms with Gasteiger partial charge in [-0.2, -0.15) is 0 Å². The van der Waals surface area contributed by atoms with Gasteiger partial charge in [0.05, 0.1) is 0 Å². The smallest absolute Gasteiger partial charge is 0.0443 e. The molecule has 3 N–H and O–H groups in total. The van der Waals surface area contributed by atoms with Crippen LogP contribution in [0.2, 0.25) is 0 Å². The second kappa shape index (κ2) is 6.88. The van der Waals surface area contributed by atoms with E-state index in [1.807, 2.05) is 0 Å². The third-order valence-electron chi connectivity index (χ3n) is 4.24. The SMILES string of the molecule is CCC(N)C(N(CCCO)C1CCC1)C(C)(C)C. The summed E-state index contributed by atoms with van der Waals surface area (Å²) in [5, 5.41) is 9.11. The molecule has 1 saturated carbocycles. The fraction of sp³-hybridized carbons (Fsp3) is 1.00. The Hall–Kier alpha value is -0.120. The molecule has 0 saturated heterocycles. The summed E-state index contributed by atoms with van der Waals surface area (Å²) in [4.78, 5) is 2.59. The van der Waals surface area contributed by atoms with Gasteiger partial charge in [-0.3, -0.25) is 4.90 Å². The number of aliphatic hydroxyl groups excluding tert-OH is 1. The first kappa shape index (κ1) is 15.9. The van der Waals surface area contributed by atoms with Crippen molar-refractivity contribution in [1.82, 2.24) is 4.90 Å². The summed E-state index contributed by atoms with van der Waals surface area (Å²) in [5.41, 5.74) is 6.58. The second-order valence-electron chi connectivity index (χ2n) is 6.78. The van der Waals surface area contributed by atoms with Gasteiger partial charge in [-0.1, -0.05) is 34.1 Å². The lowest BCUT2D eigenvalue weighted by Gasteiger charge is -2.49. The lowest BCUT2D eigenvalue weighted by molar-refractivity contribution is 0.00572. The quantitative estimate of drug-likeness (QED) is 0.735. The lowest BCUT2D eigenvalue weighted by Crippen LogP contribution is -2.59. The molecule has 0 aromatic heterocycles. The van der Waals surface area contributed by atoms with Crippen LogP contribution in [0.3, 0.4) is 0 Å². The molecule has 0 bridgehead atoms. The third kappa shape index (κ3) is 3.94. The third-order valence-corrected chi connectivity index (χ3v) is 4.24. The van der Waals surface area contributed by atoms with E-state index in [0.717, 1.165) is 19.4 Å². The summed E-state index contributed by atoms with van der Waals surface area (Å²) in [6, 6.07) is 1.34. The monoisotopic (exact) mass is 256 g/mol. The summed E-state index contributed by atoms with van der Waals surface area (Å²) in [7, 11) is 0. The number of nitrogens with two attached hydrogens (primary N) is 1. The number of hydrogen-bond acceptors (Lipinski definition) is 3. The molecular formula is C15H32N2O. The van der Waals surface area contributed by atoms with Crippen LogP contribution in [-0.4, -0.2) is 41.3 Å². The topological polar surface area (TPSA) is 49.5 Å². The van der Waals surface area contributed by atoms with Crippen molar-refractivity contribution in [2.24, 2.45) is 11.1 Å². The molecule has 2 unspecified atom stereocenters. The Kier molecular flexibility index (Phi) is 6.09. The van der Waals surface area contributed by atoms with Crippen molar-refractivity contribution in [2.75, 3.05) is 13.2 Å². The molecule has 2 atom stereocenters. The maximum absolute atomic E-state index is 9.11. The van der Waals surface area contributed by atoms with Crippen molar-refractivity contribution in [3.63, 3.8) is 0 Å². The number of hydrogen-bond donors (Lipinski definition) is 2. The summed E-state index contributed by atoms with van der Waals surface area (Å²) in [6.45, 7) is 10.3. The molecule has 0 aromatic rings. The Morgan fingerprint density at radius 1 is 1.33 bits per heavy atom. The molecule has 0 aliphatic heterocycles. The standard InChI is InChI=1S/C15H32N2O/c1-5-13(16)14(15(2,3)4)17(10-7-11-18)12-8-6-9-12/h12-14,18H,5-11,16H2,1-4H3. The minimum atomic E-state index is 0.195. The molecule has 3 heteroatoms. The lowest BCUT2D eigenvalue weighted by atomic mass is 9.77. The van der Waals surface area contributed by atoms with Crippen LogP contribution in [0.4, 0.5) is 0 Å². The molecule has 3 nitrogen and oxygen atoms in total. The van der Waals surface area contributed by atoms with Crippen molar-refractivity contribution in [3.05, 3.63) is 0 Å². The number of rotatable bonds is 7. The molecule has 1 aliphatic rings. The molecule has 0 spiro atoms. The van der Waals surface area contributed by atoms with Crippen LogP contribution in [0.1, 0.15) is 59.8 Å². The van der Waals surface area contributed by atoms with Crippen LogP contribution in [0.15, 0.2) is 0 Å². The maximum Gasteiger partial charge on any atom is 0.0443 e. The zero-order chi connectivity index (χ0) is 13.8. The Bertz CT molecular complexity index is 233. The average molecular weight is 256 g/mol. The van der Waals surface area contributed by atoms with Gasteiger partial charge in [-0.25, -0.2) is 0 Å². The Labute approximate surface area is 113 Å². The van der Waals surface area contributed by atoms with Crippen molar-refractivity contribution in [2.45, 2.75) is 77.9 Å². The van der Waals surface area contributed by atoms with Gasteiger partial charge < -0.3 is 10.8 Å². The summed E-state index contributed by atoms with van der Waals surface area (Å²) in [5.74, 6) is 0. The van der Waals surface area contributed by atoms with Gasteiger partial charge in [0.25, 0.3) is 0 Å². The van der Waals surface area contributed by atoms with Crippen molar-refractivity contribution >= 4 is 0 Å². The van der Waals surface area contributed by atoms with Gasteiger partial charge in [0, 0.05) is 31.3 Å². The van der Waals surface area contributed by atoms with E-state index in [-0.39, 0.29) is 18.1 Å². The summed E-state index contributed by atoms with van der Waals surface area (Å²) in [6.07, 6.45) is 5.82. The normalized spacial score (nSPS) is 20.8. The molecule has 1 fully saturated rings. The van der Waals surface area contributed by atoms with Crippen LogP contribution in [-0.2, 0) is 0 Å². The van der Waals surface area contributed by atoms with Gasteiger partial charge in [-0.15, -0.1) is 0 Å². The van der Waals surface area contributed by atoms with E-state index in [0.29, 0.717) is 12.1 Å². The molecule has 0 aromatic carbocycles. The van der Waals surface area contributed by atoms with Crippen LogP contribution >= 0.6 is 0 Å². The molecule has 18 heavy (non-hydrogen) atoms. The highest BCUT2D eigenvalue weighted by atomic mass is 16.3. The first-order chi connectivity index (χ1) is 8.41. The van der Waals surface area contributed by atoms with Crippen LogP contribution in [0.25, 0.3) is 0 Å². The molecular weight excluding hydrogens is 224 g/mol. The van der Waals surface area contributed by atoms with E-state index >= 15 is 0 Å². The number of aliphatic hydroxyl groups is 1. The first-order valence-electron chi connectivity index (χ1n) is 7.54. The van der Waals surface area contributed by atoms with Gasteiger partial charge in [0.1, 0.15) is 0 Å². The number of nitrogens with zero attached hydrogens (tertiary/aromatic N) is 1. The van der Waals surface area contributed by atoms with Gasteiger partial charge in [-0.05, 0) is 31.1 Å². The van der Waals surface area contributed by atoms with Crippen LogP contribution in [0.5, 0.6) is 0 Å². The minimum Gasteiger partial charge on any atom is -0.396 e. The van der Waals surface area contributed by atoms with Gasteiger partial charge >= 0.3 is 0 Å². The molecule has 1 aliphatic carbocycles. The van der Waals surface area contributed by atoms with Gasteiger partial charge in [0.15, 0.2) is 0 Å². The second-order valence-corrected chi connectivity index (χ2v) is 6.78. The molecule has 108 valence electrons. The van der Waals surface area contributed by atoms with E-state index in [1.54, 1.807) is 0 Å². The fourth-order valence-corrected chi connectivity index (χ4v) is 3.13. The Balaban J connectivity index is 2.81. The minimum absolute atomic E-state index is 0.195. The van der Waals surface area contributed by atoms with E-state index < -0.39 is 0 Å². The van der Waals surface area contributed by atoms with Crippen molar-refractivity contribution < 1.29 is 5.11 Å². The summed E-state index contributed by atoms with van der Waals surface area (Å²) < 4.78 is 0. The highest BCUT2D eigenvalue weighted by Gasteiger charge is 2.39. The van der Waals surface area contributed by atoms with E-state index in [9.17, 15) is 0 Å².